The first-order chi connectivity index (χ1) is 13.0. The second-order valence-corrected chi connectivity index (χ2v) is 5.72. The van der Waals surface area contributed by atoms with Crippen LogP contribution in [0.2, 0.25) is 0 Å². The van der Waals surface area contributed by atoms with Crippen LogP contribution >= 0.6 is 0 Å². The van der Waals surface area contributed by atoms with Crippen LogP contribution in [-0.2, 0) is 6.42 Å². The lowest BCUT2D eigenvalue weighted by Gasteiger charge is -2.13. The summed E-state index contributed by atoms with van der Waals surface area (Å²) in [6, 6.07) is 13.5. The van der Waals surface area contributed by atoms with Crippen molar-refractivity contribution in [2.45, 2.75) is 6.42 Å². The van der Waals surface area contributed by atoms with Gasteiger partial charge in [0.05, 0.1) is 29.5 Å². The average molecular weight is 364 g/mol. The summed E-state index contributed by atoms with van der Waals surface area (Å²) in [6.45, 7) is 0. The standard InChI is InChI=1S/C20H14F2N4O/c21-14-2-1-3-15(22)19(14)26-16-9-11-25-20(27)17(16)18(24)13-6-4-12(5-7-13)8-10-23/h1-7,9,11,24H,8H2,(H2,25,26,27). The summed E-state index contributed by atoms with van der Waals surface area (Å²) in [5, 5.41) is 19.7. The third-order valence-corrected chi connectivity index (χ3v) is 3.96. The van der Waals surface area contributed by atoms with Crippen molar-refractivity contribution in [1.82, 2.24) is 4.98 Å². The summed E-state index contributed by atoms with van der Waals surface area (Å²) in [6.07, 6.45) is 1.56. The van der Waals surface area contributed by atoms with Gasteiger partial charge in [-0.2, -0.15) is 5.26 Å². The Hall–Kier alpha value is -3.79. The van der Waals surface area contributed by atoms with Crippen molar-refractivity contribution in [2.75, 3.05) is 5.32 Å². The van der Waals surface area contributed by atoms with Crippen LogP contribution in [0.1, 0.15) is 16.7 Å². The highest BCUT2D eigenvalue weighted by molar-refractivity contribution is 6.14. The fourth-order valence-corrected chi connectivity index (χ4v) is 2.61. The Morgan fingerprint density at radius 2 is 1.78 bits per heavy atom. The lowest BCUT2D eigenvalue weighted by molar-refractivity contribution is 0.591. The number of halogens is 2. The zero-order chi connectivity index (χ0) is 19.4. The molecule has 0 aliphatic carbocycles. The van der Waals surface area contributed by atoms with Gasteiger partial charge in [-0.25, -0.2) is 8.78 Å². The topological polar surface area (TPSA) is 92.5 Å². The highest BCUT2D eigenvalue weighted by Gasteiger charge is 2.17. The molecule has 0 aliphatic rings. The quantitative estimate of drug-likeness (QED) is 0.600. The molecule has 3 aromatic rings. The van der Waals surface area contributed by atoms with E-state index in [1.165, 1.54) is 18.3 Å². The summed E-state index contributed by atoms with van der Waals surface area (Å²) >= 11 is 0. The van der Waals surface area contributed by atoms with Gasteiger partial charge in [-0.1, -0.05) is 30.3 Å². The number of nitrogens with one attached hydrogen (secondary N) is 3. The van der Waals surface area contributed by atoms with Gasteiger partial charge in [0.15, 0.2) is 0 Å². The molecule has 2 aromatic carbocycles. The molecule has 0 saturated carbocycles. The Kier molecular flexibility index (Phi) is 5.08. The third-order valence-electron chi connectivity index (χ3n) is 3.96. The molecule has 0 saturated heterocycles. The normalized spacial score (nSPS) is 10.3. The molecule has 7 heteroatoms. The Morgan fingerprint density at radius 1 is 1.11 bits per heavy atom. The summed E-state index contributed by atoms with van der Waals surface area (Å²) in [5.74, 6) is -1.62. The van der Waals surface area contributed by atoms with Crippen molar-refractivity contribution in [3.8, 4) is 6.07 Å². The fraction of sp³-hybridized carbons (Fsp3) is 0.0500. The predicted octanol–water partition coefficient (Wildman–Crippen LogP) is 3.88. The van der Waals surface area contributed by atoms with E-state index in [1.54, 1.807) is 24.3 Å². The number of H-pyrrole nitrogens is 1. The zero-order valence-corrected chi connectivity index (χ0v) is 14.0. The molecular weight excluding hydrogens is 350 g/mol. The molecule has 0 spiro atoms. The monoisotopic (exact) mass is 364 g/mol. The van der Waals surface area contributed by atoms with Crippen LogP contribution in [0.4, 0.5) is 20.2 Å². The van der Waals surface area contributed by atoms with Crippen molar-refractivity contribution in [3.63, 3.8) is 0 Å². The van der Waals surface area contributed by atoms with E-state index in [4.69, 9.17) is 10.7 Å². The van der Waals surface area contributed by atoms with Crippen molar-refractivity contribution >= 4 is 17.1 Å². The van der Waals surface area contributed by atoms with E-state index in [1.807, 2.05) is 6.07 Å². The minimum absolute atomic E-state index is 0.0480. The number of aromatic nitrogens is 1. The maximum atomic E-state index is 13.9. The molecule has 1 aromatic heterocycles. The molecule has 0 atom stereocenters. The Morgan fingerprint density at radius 3 is 2.41 bits per heavy atom. The number of anilines is 2. The smallest absolute Gasteiger partial charge is 0.259 e. The largest absolute Gasteiger partial charge is 0.350 e. The second-order valence-electron chi connectivity index (χ2n) is 5.72. The minimum atomic E-state index is -0.811. The van der Waals surface area contributed by atoms with Crippen molar-refractivity contribution in [3.05, 3.63) is 93.4 Å². The maximum absolute atomic E-state index is 13.9. The van der Waals surface area contributed by atoms with Crippen LogP contribution in [0.5, 0.6) is 0 Å². The van der Waals surface area contributed by atoms with E-state index >= 15 is 0 Å². The minimum Gasteiger partial charge on any atom is -0.350 e. The van der Waals surface area contributed by atoms with Crippen LogP contribution < -0.4 is 10.9 Å². The zero-order valence-electron chi connectivity index (χ0n) is 14.0. The van der Waals surface area contributed by atoms with Gasteiger partial charge in [0.25, 0.3) is 5.56 Å². The first-order valence-electron chi connectivity index (χ1n) is 7.99. The maximum Gasteiger partial charge on any atom is 0.259 e. The van der Waals surface area contributed by atoms with Crippen molar-refractivity contribution in [1.29, 1.82) is 10.7 Å². The second kappa shape index (κ2) is 7.62. The number of aromatic amines is 1. The summed E-state index contributed by atoms with van der Waals surface area (Å²) < 4.78 is 27.9. The number of pyridine rings is 1. The van der Waals surface area contributed by atoms with E-state index in [0.717, 1.165) is 17.7 Å². The van der Waals surface area contributed by atoms with E-state index < -0.39 is 22.9 Å². The van der Waals surface area contributed by atoms with Crippen LogP contribution in [0.25, 0.3) is 0 Å². The molecular formula is C20H14F2N4O. The van der Waals surface area contributed by atoms with Crippen LogP contribution in [0, 0.1) is 28.4 Å². The summed E-state index contributed by atoms with van der Waals surface area (Å²) in [5.41, 5.74) is 0.194. The van der Waals surface area contributed by atoms with Crippen LogP contribution in [-0.4, -0.2) is 10.7 Å². The molecule has 0 radical (unpaired) electrons. The van der Waals surface area contributed by atoms with Gasteiger partial charge >= 0.3 is 0 Å². The van der Waals surface area contributed by atoms with Gasteiger partial charge in [-0.3, -0.25) is 10.2 Å². The molecule has 1 heterocycles. The van der Waals surface area contributed by atoms with E-state index in [-0.39, 0.29) is 23.4 Å². The molecule has 3 rings (SSSR count). The molecule has 3 N–H and O–H groups in total. The van der Waals surface area contributed by atoms with Crippen molar-refractivity contribution in [2.24, 2.45) is 0 Å². The van der Waals surface area contributed by atoms with Gasteiger partial charge in [0, 0.05) is 11.8 Å². The van der Waals surface area contributed by atoms with Gasteiger partial charge in [0.2, 0.25) is 0 Å². The molecule has 0 bridgehead atoms. The Labute approximate surface area is 153 Å². The van der Waals surface area contributed by atoms with E-state index in [2.05, 4.69) is 10.3 Å². The molecule has 5 nitrogen and oxygen atoms in total. The van der Waals surface area contributed by atoms with Gasteiger partial charge < -0.3 is 10.3 Å². The predicted molar refractivity (Wildman–Crippen MR) is 98.4 cm³/mol. The number of nitriles is 1. The molecule has 27 heavy (non-hydrogen) atoms. The Bertz CT molecular complexity index is 1080. The van der Waals surface area contributed by atoms with Crippen LogP contribution in [0.15, 0.2) is 59.5 Å². The fourth-order valence-electron chi connectivity index (χ4n) is 2.61. The molecule has 0 fully saturated rings. The first-order valence-corrected chi connectivity index (χ1v) is 7.99. The summed E-state index contributed by atoms with van der Waals surface area (Å²) in [7, 11) is 0. The van der Waals surface area contributed by atoms with Crippen LogP contribution in [0.3, 0.4) is 0 Å². The number of hydrogen-bond donors (Lipinski definition) is 3. The molecule has 0 unspecified atom stereocenters. The van der Waals surface area contributed by atoms with E-state index in [0.29, 0.717) is 5.56 Å². The number of nitrogens with zero attached hydrogens (tertiary/aromatic N) is 1. The van der Waals surface area contributed by atoms with E-state index in [9.17, 15) is 13.6 Å². The van der Waals surface area contributed by atoms with Gasteiger partial charge in [0.1, 0.15) is 17.3 Å². The lowest BCUT2D eigenvalue weighted by atomic mass is 10.00. The SMILES string of the molecule is N#CCc1ccc(C(=N)c2c(Nc3c(F)cccc3F)cc[nH]c2=O)cc1. The highest BCUT2D eigenvalue weighted by atomic mass is 19.1. The molecule has 0 amide bonds. The molecule has 134 valence electrons. The molecule has 0 aliphatic heterocycles. The third kappa shape index (κ3) is 3.75. The lowest BCUT2D eigenvalue weighted by Crippen LogP contribution is -2.20. The van der Waals surface area contributed by atoms with Gasteiger partial charge in [-0.05, 0) is 23.8 Å². The number of hydrogen-bond acceptors (Lipinski definition) is 4. The first kappa shape index (κ1) is 18.0. The Balaban J connectivity index is 2.02. The number of rotatable bonds is 5. The number of benzene rings is 2. The summed E-state index contributed by atoms with van der Waals surface area (Å²) in [4.78, 5) is 14.8. The van der Waals surface area contributed by atoms with Gasteiger partial charge in [-0.15, -0.1) is 0 Å². The highest BCUT2D eigenvalue weighted by Crippen LogP contribution is 2.25. The van der Waals surface area contributed by atoms with Crippen molar-refractivity contribution < 1.29 is 8.78 Å². The average Bonchev–Trinajstić information content (AvgIpc) is 2.65. The number of para-hydroxylation sites is 1.